The van der Waals surface area contributed by atoms with Gasteiger partial charge < -0.3 is 14.2 Å². The molecule has 1 aliphatic rings. The molecule has 1 N–H and O–H groups in total. The normalized spacial score (nSPS) is 25.3. The number of H-pyrrole nitrogens is 1. The van der Waals surface area contributed by atoms with Crippen LogP contribution < -0.4 is 11.2 Å². The third-order valence-corrected chi connectivity index (χ3v) is 6.34. The number of benzene rings is 2. The Hall–Kier alpha value is -2.78. The van der Waals surface area contributed by atoms with Gasteiger partial charge in [0.1, 0.15) is 17.7 Å². The molecule has 1 aromatic heterocycles. The molecule has 9 heteroatoms. The maximum absolute atomic E-state index is 15.3. The van der Waals surface area contributed by atoms with Crippen LogP contribution in [-0.2, 0) is 27.4 Å². The molecule has 1 aliphatic heterocycles. The van der Waals surface area contributed by atoms with Crippen LogP contribution in [0.15, 0.2) is 82.5 Å². The molecule has 1 saturated heterocycles. The quantitative estimate of drug-likeness (QED) is 0.466. The van der Waals surface area contributed by atoms with Gasteiger partial charge in [-0.1, -0.05) is 60.7 Å². The van der Waals surface area contributed by atoms with E-state index in [9.17, 15) is 9.59 Å². The van der Waals surface area contributed by atoms with Crippen LogP contribution in [0.4, 0.5) is 4.39 Å². The lowest BCUT2D eigenvalue weighted by molar-refractivity contribution is -0.185. The number of alkyl halides is 2. The van der Waals surface area contributed by atoms with Crippen molar-refractivity contribution in [2.75, 3.05) is 6.61 Å². The molecule has 2 heterocycles. The second kappa shape index (κ2) is 10.7. The SMILES string of the molecule is C[C@@H](F)[C@]1(COCc2ccccc2)O[C@@H](n2ccc(=O)[nH]c2=O)[C@H](Cl)[C@@H]1OCc1ccccc1. The third kappa shape index (κ3) is 5.15. The van der Waals surface area contributed by atoms with Crippen molar-refractivity contribution in [3.8, 4) is 0 Å². The standard InChI is InChI=1S/C25H26ClFN2O5/c1-17(27)25(16-32-14-18-8-4-2-5-9-18)22(33-15-19-10-6-3-7-11-19)21(26)23(34-25)29-13-12-20(30)28-24(29)31/h2-13,17,21-23H,14-16H2,1H3,(H,28,30,31)/t17-,21-,22+,23-,25+/m1/s1. The van der Waals surface area contributed by atoms with Crippen LogP contribution in [0.25, 0.3) is 0 Å². The van der Waals surface area contributed by atoms with Crippen molar-refractivity contribution >= 4 is 11.6 Å². The first-order chi connectivity index (χ1) is 16.4. The highest BCUT2D eigenvalue weighted by atomic mass is 35.5. The Morgan fingerprint density at radius 3 is 2.26 bits per heavy atom. The summed E-state index contributed by atoms with van der Waals surface area (Å²) in [5.41, 5.74) is -1.06. The van der Waals surface area contributed by atoms with E-state index in [1.165, 1.54) is 19.2 Å². The fourth-order valence-corrected chi connectivity index (χ4v) is 4.52. The predicted molar refractivity (Wildman–Crippen MR) is 126 cm³/mol. The minimum absolute atomic E-state index is 0.156. The first-order valence-corrected chi connectivity index (χ1v) is 11.4. The number of rotatable bonds is 9. The lowest BCUT2D eigenvalue weighted by atomic mass is 9.92. The summed E-state index contributed by atoms with van der Waals surface area (Å²) in [5, 5.41) is -0.939. The molecule has 34 heavy (non-hydrogen) atoms. The summed E-state index contributed by atoms with van der Waals surface area (Å²) < 4.78 is 34.6. The molecule has 0 radical (unpaired) electrons. The lowest BCUT2D eigenvalue weighted by Crippen LogP contribution is -2.53. The minimum atomic E-state index is -1.59. The van der Waals surface area contributed by atoms with E-state index in [2.05, 4.69) is 4.98 Å². The molecule has 0 unspecified atom stereocenters. The topological polar surface area (TPSA) is 82.5 Å². The van der Waals surface area contributed by atoms with Crippen molar-refractivity contribution in [1.82, 2.24) is 9.55 Å². The van der Waals surface area contributed by atoms with Crippen LogP contribution in [0.1, 0.15) is 24.3 Å². The number of hydrogen-bond acceptors (Lipinski definition) is 5. The molecule has 0 saturated carbocycles. The highest BCUT2D eigenvalue weighted by Gasteiger charge is 2.60. The van der Waals surface area contributed by atoms with Gasteiger partial charge in [-0.15, -0.1) is 11.6 Å². The summed E-state index contributed by atoms with van der Waals surface area (Å²) in [6.07, 6.45) is -2.30. The minimum Gasteiger partial charge on any atom is -0.374 e. The van der Waals surface area contributed by atoms with Crippen molar-refractivity contribution < 1.29 is 18.6 Å². The molecule has 7 nitrogen and oxygen atoms in total. The number of hydrogen-bond donors (Lipinski definition) is 1. The van der Waals surface area contributed by atoms with Gasteiger partial charge in [0.2, 0.25) is 0 Å². The lowest BCUT2D eigenvalue weighted by Gasteiger charge is -2.35. The molecular formula is C25H26ClFN2O5. The predicted octanol–water partition coefficient (Wildman–Crippen LogP) is 3.57. The Balaban J connectivity index is 1.63. The zero-order chi connectivity index (χ0) is 24.1. The average Bonchev–Trinajstić information content (AvgIpc) is 3.11. The van der Waals surface area contributed by atoms with Crippen molar-refractivity contribution in [1.29, 1.82) is 0 Å². The summed E-state index contributed by atoms with van der Waals surface area (Å²) in [5.74, 6) is 0. The van der Waals surface area contributed by atoms with Gasteiger partial charge in [0.15, 0.2) is 11.8 Å². The van der Waals surface area contributed by atoms with E-state index < -0.39 is 40.7 Å². The van der Waals surface area contributed by atoms with Crippen molar-refractivity contribution in [2.45, 2.75) is 49.6 Å². The summed E-state index contributed by atoms with van der Waals surface area (Å²) >= 11 is 6.76. The van der Waals surface area contributed by atoms with E-state index in [4.69, 9.17) is 25.8 Å². The van der Waals surface area contributed by atoms with Gasteiger partial charge in [0.25, 0.3) is 5.56 Å². The Morgan fingerprint density at radius 1 is 1.06 bits per heavy atom. The zero-order valence-electron chi connectivity index (χ0n) is 18.6. The van der Waals surface area contributed by atoms with Crippen LogP contribution in [-0.4, -0.2) is 39.4 Å². The van der Waals surface area contributed by atoms with E-state index in [-0.39, 0.29) is 19.8 Å². The van der Waals surface area contributed by atoms with E-state index in [1.807, 2.05) is 60.7 Å². The highest BCUT2D eigenvalue weighted by molar-refractivity contribution is 6.21. The monoisotopic (exact) mass is 488 g/mol. The molecule has 5 atom stereocenters. The number of aromatic nitrogens is 2. The molecule has 0 aliphatic carbocycles. The van der Waals surface area contributed by atoms with Crippen LogP contribution in [0.5, 0.6) is 0 Å². The first-order valence-electron chi connectivity index (χ1n) is 11.0. The molecule has 180 valence electrons. The fraction of sp³-hybridized carbons (Fsp3) is 0.360. The number of ether oxygens (including phenoxy) is 3. The van der Waals surface area contributed by atoms with Crippen molar-refractivity contribution in [3.05, 3.63) is 105 Å². The number of nitrogens with zero attached hydrogens (tertiary/aromatic N) is 1. The Kier molecular flexibility index (Phi) is 7.63. The van der Waals surface area contributed by atoms with Gasteiger partial charge in [0.05, 0.1) is 19.8 Å². The molecule has 0 bridgehead atoms. The van der Waals surface area contributed by atoms with Gasteiger partial charge in [-0.05, 0) is 18.1 Å². The largest absolute Gasteiger partial charge is 0.374 e. The van der Waals surface area contributed by atoms with Gasteiger partial charge in [-0.3, -0.25) is 14.3 Å². The second-order valence-corrected chi connectivity index (χ2v) is 8.74. The maximum Gasteiger partial charge on any atom is 0.330 e. The molecule has 0 amide bonds. The van der Waals surface area contributed by atoms with E-state index in [0.717, 1.165) is 15.7 Å². The Labute approximate surface area is 201 Å². The molecule has 0 spiro atoms. The summed E-state index contributed by atoms with van der Waals surface area (Å²) in [7, 11) is 0. The van der Waals surface area contributed by atoms with E-state index in [1.54, 1.807) is 0 Å². The number of halogens is 2. The third-order valence-electron chi connectivity index (χ3n) is 5.89. The second-order valence-electron chi connectivity index (χ2n) is 8.24. The molecule has 1 fully saturated rings. The maximum atomic E-state index is 15.3. The van der Waals surface area contributed by atoms with Crippen LogP contribution in [0.2, 0.25) is 0 Å². The molecule has 2 aromatic carbocycles. The van der Waals surface area contributed by atoms with Crippen LogP contribution in [0, 0.1) is 0 Å². The van der Waals surface area contributed by atoms with Crippen molar-refractivity contribution in [3.63, 3.8) is 0 Å². The van der Waals surface area contributed by atoms with E-state index >= 15 is 4.39 Å². The van der Waals surface area contributed by atoms with Gasteiger partial charge in [-0.2, -0.15) is 0 Å². The Bertz CT molecular complexity index is 1190. The summed E-state index contributed by atoms with van der Waals surface area (Å²) in [6.45, 7) is 1.60. The molecule has 3 aromatic rings. The van der Waals surface area contributed by atoms with Crippen LogP contribution >= 0.6 is 11.6 Å². The smallest absolute Gasteiger partial charge is 0.330 e. The Morgan fingerprint density at radius 2 is 1.68 bits per heavy atom. The summed E-state index contributed by atoms with van der Waals surface area (Å²) in [6, 6.07) is 20.1. The van der Waals surface area contributed by atoms with E-state index in [0.29, 0.717) is 0 Å². The number of aromatic amines is 1. The highest BCUT2D eigenvalue weighted by Crippen LogP contribution is 2.45. The van der Waals surface area contributed by atoms with Crippen molar-refractivity contribution in [2.24, 2.45) is 0 Å². The number of nitrogens with one attached hydrogen (secondary N) is 1. The van der Waals surface area contributed by atoms with Gasteiger partial charge in [0, 0.05) is 12.3 Å². The average molecular weight is 489 g/mol. The van der Waals surface area contributed by atoms with Gasteiger partial charge >= 0.3 is 5.69 Å². The zero-order valence-corrected chi connectivity index (χ0v) is 19.4. The van der Waals surface area contributed by atoms with Gasteiger partial charge in [-0.25, -0.2) is 9.18 Å². The fourth-order valence-electron chi connectivity index (χ4n) is 4.06. The molecule has 4 rings (SSSR count). The van der Waals surface area contributed by atoms with Crippen LogP contribution in [0.3, 0.4) is 0 Å². The summed E-state index contributed by atoms with van der Waals surface area (Å²) in [4.78, 5) is 26.1. The first kappa shape index (κ1) is 24.3. The molecular weight excluding hydrogens is 463 g/mol.